The molecule has 0 saturated heterocycles. The molecule has 29 heavy (non-hydrogen) atoms. The number of halogens is 1. The molecule has 0 radical (unpaired) electrons. The van der Waals surface area contributed by atoms with E-state index >= 15 is 0 Å². The number of amides is 2. The van der Waals surface area contributed by atoms with Crippen molar-refractivity contribution < 1.29 is 14.0 Å². The number of carbonyl (C=O) groups is 2. The summed E-state index contributed by atoms with van der Waals surface area (Å²) in [6.45, 7) is 3.71. The van der Waals surface area contributed by atoms with Crippen molar-refractivity contribution in [2.24, 2.45) is 11.8 Å². The molecule has 1 aliphatic heterocycles. The lowest BCUT2D eigenvalue weighted by molar-refractivity contribution is -0.117. The second-order valence-electron chi connectivity index (χ2n) is 8.06. The van der Waals surface area contributed by atoms with Gasteiger partial charge < -0.3 is 15.5 Å². The van der Waals surface area contributed by atoms with Gasteiger partial charge in [0.05, 0.1) is 6.04 Å². The van der Waals surface area contributed by atoms with Crippen LogP contribution in [0.25, 0.3) is 0 Å². The van der Waals surface area contributed by atoms with Crippen LogP contribution in [-0.2, 0) is 4.79 Å². The van der Waals surface area contributed by atoms with Gasteiger partial charge in [-0.25, -0.2) is 4.39 Å². The first-order valence-corrected chi connectivity index (χ1v) is 10.1. The summed E-state index contributed by atoms with van der Waals surface area (Å²) >= 11 is 0. The number of benzene rings is 2. The maximum Gasteiger partial charge on any atom is 0.251 e. The second-order valence-corrected chi connectivity index (χ2v) is 8.06. The number of carbonyl (C=O) groups excluding carboxylic acids is 2. The molecule has 2 aromatic carbocycles. The monoisotopic (exact) mass is 395 g/mol. The molecule has 2 aliphatic rings. The molecule has 1 aliphatic carbocycles. The van der Waals surface area contributed by atoms with E-state index in [1.165, 1.54) is 12.1 Å². The topological polar surface area (TPSA) is 61.4 Å². The summed E-state index contributed by atoms with van der Waals surface area (Å²) in [4.78, 5) is 26.2. The predicted octanol–water partition coefficient (Wildman–Crippen LogP) is 4.12. The van der Waals surface area contributed by atoms with Gasteiger partial charge in [0.1, 0.15) is 5.82 Å². The Kier molecular flexibility index (Phi) is 5.03. The number of nitrogens with one attached hydrogen (secondary N) is 2. The third-order valence-electron chi connectivity index (χ3n) is 6.09. The molecule has 1 heterocycles. The van der Waals surface area contributed by atoms with E-state index in [4.69, 9.17) is 0 Å². The lowest BCUT2D eigenvalue weighted by Crippen LogP contribution is -2.51. The highest BCUT2D eigenvalue weighted by Crippen LogP contribution is 2.50. The Morgan fingerprint density at radius 3 is 2.38 bits per heavy atom. The normalized spacial score (nSPS) is 23.3. The van der Waals surface area contributed by atoms with Crippen LogP contribution in [0.2, 0.25) is 0 Å². The van der Waals surface area contributed by atoms with E-state index in [0.29, 0.717) is 11.5 Å². The molecule has 0 bridgehead atoms. The van der Waals surface area contributed by atoms with Crippen molar-refractivity contribution in [3.05, 3.63) is 59.4 Å². The molecular weight excluding hydrogens is 369 g/mol. The van der Waals surface area contributed by atoms with Crippen LogP contribution in [0, 0.1) is 17.7 Å². The molecule has 1 saturated carbocycles. The molecule has 2 amide bonds. The average Bonchev–Trinajstić information content (AvgIpc) is 3.54. The molecule has 5 nitrogen and oxygen atoms in total. The first-order chi connectivity index (χ1) is 13.9. The minimum atomic E-state index is -0.314. The van der Waals surface area contributed by atoms with Gasteiger partial charge in [-0.3, -0.25) is 9.59 Å². The van der Waals surface area contributed by atoms with E-state index in [0.717, 1.165) is 29.8 Å². The Bertz CT molecular complexity index is 940. The largest absolute Gasteiger partial charge is 0.378 e. The summed E-state index contributed by atoms with van der Waals surface area (Å²) in [5.41, 5.74) is 3.02. The average molecular weight is 395 g/mol. The lowest BCUT2D eigenvalue weighted by atomic mass is 9.79. The van der Waals surface area contributed by atoms with E-state index in [1.807, 2.05) is 17.0 Å². The first kappa shape index (κ1) is 19.4. The van der Waals surface area contributed by atoms with E-state index in [9.17, 15) is 14.0 Å². The molecule has 4 rings (SSSR count). The summed E-state index contributed by atoms with van der Waals surface area (Å²) in [7, 11) is 1.60. The highest BCUT2D eigenvalue weighted by atomic mass is 19.1. The third-order valence-corrected chi connectivity index (χ3v) is 6.09. The van der Waals surface area contributed by atoms with Crippen LogP contribution >= 0.6 is 0 Å². The number of anilines is 2. The fourth-order valence-corrected chi connectivity index (χ4v) is 4.58. The minimum Gasteiger partial charge on any atom is -0.378 e. The predicted molar refractivity (Wildman–Crippen MR) is 111 cm³/mol. The van der Waals surface area contributed by atoms with Crippen molar-refractivity contribution in [2.45, 2.75) is 38.8 Å². The van der Waals surface area contributed by atoms with Crippen LogP contribution < -0.4 is 15.5 Å². The summed E-state index contributed by atoms with van der Waals surface area (Å²) < 4.78 is 14.1. The van der Waals surface area contributed by atoms with Crippen molar-refractivity contribution in [1.82, 2.24) is 5.32 Å². The summed E-state index contributed by atoms with van der Waals surface area (Å²) in [5.74, 6) is 0.133. The van der Waals surface area contributed by atoms with Crippen LogP contribution in [0.15, 0.2) is 42.5 Å². The molecule has 1 fully saturated rings. The van der Waals surface area contributed by atoms with Gasteiger partial charge in [0.25, 0.3) is 5.91 Å². The van der Waals surface area contributed by atoms with Crippen molar-refractivity contribution in [3.63, 3.8) is 0 Å². The second kappa shape index (κ2) is 7.50. The molecule has 2 N–H and O–H groups in total. The van der Waals surface area contributed by atoms with E-state index in [2.05, 4.69) is 17.6 Å². The summed E-state index contributed by atoms with van der Waals surface area (Å²) in [5, 5.41) is 6.14. The first-order valence-electron chi connectivity index (χ1n) is 10.1. The molecule has 2 aromatic rings. The zero-order valence-electron chi connectivity index (χ0n) is 16.9. The van der Waals surface area contributed by atoms with Crippen molar-refractivity contribution >= 4 is 23.2 Å². The van der Waals surface area contributed by atoms with Gasteiger partial charge in [-0.2, -0.15) is 0 Å². The van der Waals surface area contributed by atoms with E-state index in [1.54, 1.807) is 32.2 Å². The fraction of sp³-hybridized carbons (Fsp3) is 0.391. The maximum absolute atomic E-state index is 14.1. The molecule has 0 aromatic heterocycles. The zero-order valence-corrected chi connectivity index (χ0v) is 16.9. The third kappa shape index (κ3) is 3.59. The highest BCUT2D eigenvalue weighted by molar-refractivity contribution is 5.95. The van der Waals surface area contributed by atoms with Gasteiger partial charge in [0.15, 0.2) is 0 Å². The highest BCUT2D eigenvalue weighted by Gasteiger charge is 2.47. The van der Waals surface area contributed by atoms with Gasteiger partial charge >= 0.3 is 0 Å². The van der Waals surface area contributed by atoms with Crippen molar-refractivity contribution in [1.29, 1.82) is 0 Å². The van der Waals surface area contributed by atoms with Crippen LogP contribution in [0.1, 0.15) is 48.7 Å². The molecular formula is C23H26FN3O2. The van der Waals surface area contributed by atoms with Crippen LogP contribution in [-0.4, -0.2) is 24.9 Å². The quantitative estimate of drug-likeness (QED) is 0.819. The summed E-state index contributed by atoms with van der Waals surface area (Å²) in [6, 6.07) is 11.9. The molecule has 1 unspecified atom stereocenters. The number of rotatable bonds is 4. The summed E-state index contributed by atoms with van der Waals surface area (Å²) in [6.07, 6.45) is 2.23. The Morgan fingerprint density at radius 2 is 1.79 bits per heavy atom. The Morgan fingerprint density at radius 1 is 1.10 bits per heavy atom. The Balaban J connectivity index is 1.71. The van der Waals surface area contributed by atoms with Gasteiger partial charge in [-0.05, 0) is 61.2 Å². The number of hydrogen-bond acceptors (Lipinski definition) is 3. The minimum absolute atomic E-state index is 0.00464. The van der Waals surface area contributed by atoms with Gasteiger partial charge in [0, 0.05) is 48.4 Å². The zero-order chi connectivity index (χ0) is 20.7. The van der Waals surface area contributed by atoms with E-state index in [-0.39, 0.29) is 35.6 Å². The molecule has 0 spiro atoms. The number of fused-ring (bicyclic) bond motifs is 1. The van der Waals surface area contributed by atoms with Crippen molar-refractivity contribution in [3.8, 4) is 0 Å². The van der Waals surface area contributed by atoms with Gasteiger partial charge in [0.2, 0.25) is 5.91 Å². The van der Waals surface area contributed by atoms with Crippen LogP contribution in [0.3, 0.4) is 0 Å². The standard InChI is InChI=1S/C23H26FN3O2/c1-13-21(26-18-9-6-16(7-10-18)23(29)25-3)19-12-17(24)8-11-20(19)27(14(2)28)22(13)15-4-5-15/h6-13,15,21-22,26H,4-5H2,1-3H3,(H,25,29)/t13-,21?,22-/m1/s1. The Hall–Kier alpha value is -2.89. The fourth-order valence-electron chi connectivity index (χ4n) is 4.58. The number of nitrogens with zero attached hydrogens (tertiary/aromatic N) is 1. The SMILES string of the molecule is CNC(=O)c1ccc(NC2c3cc(F)ccc3N(C(C)=O)[C@@H](C3CC3)[C@@H]2C)cc1. The van der Waals surface area contributed by atoms with E-state index < -0.39 is 0 Å². The Labute approximate surface area is 170 Å². The molecule has 3 atom stereocenters. The number of hydrogen-bond donors (Lipinski definition) is 2. The maximum atomic E-state index is 14.1. The molecule has 6 heteroatoms. The lowest BCUT2D eigenvalue weighted by Gasteiger charge is -2.46. The smallest absolute Gasteiger partial charge is 0.251 e. The van der Waals surface area contributed by atoms with Crippen LogP contribution in [0.4, 0.5) is 15.8 Å². The van der Waals surface area contributed by atoms with Gasteiger partial charge in [-0.1, -0.05) is 6.92 Å². The van der Waals surface area contributed by atoms with Crippen molar-refractivity contribution in [2.75, 3.05) is 17.3 Å². The van der Waals surface area contributed by atoms with Gasteiger partial charge in [-0.15, -0.1) is 0 Å². The van der Waals surface area contributed by atoms with Crippen LogP contribution in [0.5, 0.6) is 0 Å². The molecule has 152 valence electrons.